The first-order chi connectivity index (χ1) is 14.6. The first-order valence-electron chi connectivity index (χ1n) is 11.4. The molecule has 0 saturated carbocycles. The minimum absolute atomic E-state index is 0.201. The number of halogens is 1. The number of likely N-dealkylation sites (tertiary alicyclic amines) is 1. The molecule has 2 aromatic rings. The fraction of sp³-hybridized carbons (Fsp3) is 0.583. The first kappa shape index (κ1) is 19.7. The number of nitrogens with zero attached hydrogens (tertiary/aromatic N) is 3. The lowest BCUT2D eigenvalue weighted by atomic mass is 9.88. The van der Waals surface area contributed by atoms with Gasteiger partial charge < -0.3 is 14.8 Å². The van der Waals surface area contributed by atoms with E-state index in [-0.39, 0.29) is 5.78 Å². The van der Waals surface area contributed by atoms with Gasteiger partial charge in [-0.2, -0.15) is 0 Å². The average Bonchev–Trinajstić information content (AvgIpc) is 3.24. The van der Waals surface area contributed by atoms with Crippen LogP contribution in [0.25, 0.3) is 11.0 Å². The van der Waals surface area contributed by atoms with Gasteiger partial charge in [-0.3, -0.25) is 4.79 Å². The second kappa shape index (κ2) is 8.14. The summed E-state index contributed by atoms with van der Waals surface area (Å²) in [5, 5.41) is 1.05. The van der Waals surface area contributed by atoms with Crippen LogP contribution in [0.3, 0.4) is 0 Å². The van der Waals surface area contributed by atoms with Crippen molar-refractivity contribution in [2.24, 2.45) is 5.92 Å². The largest absolute Gasteiger partial charge is 0.365 e. The van der Waals surface area contributed by atoms with E-state index in [2.05, 4.69) is 32.8 Å². The Morgan fingerprint density at radius 2 is 2.17 bits per heavy atom. The first-order valence-corrected chi connectivity index (χ1v) is 11.4. The lowest BCUT2D eigenvalue weighted by Gasteiger charge is -2.46. The zero-order chi connectivity index (χ0) is 20.7. The summed E-state index contributed by atoms with van der Waals surface area (Å²) in [5.74, 6) is 0.776. The normalized spacial score (nSPS) is 27.9. The molecule has 0 spiro atoms. The fourth-order valence-electron chi connectivity index (χ4n) is 5.42. The van der Waals surface area contributed by atoms with Crippen LogP contribution in [0.5, 0.6) is 0 Å². The molecule has 0 radical (unpaired) electrons. The topological polar surface area (TPSA) is 52.2 Å². The number of allylic oxidation sites excluding steroid dienone is 1. The van der Waals surface area contributed by atoms with E-state index < -0.39 is 6.17 Å². The molecule has 5 nitrogen and oxygen atoms in total. The maximum Gasteiger partial charge on any atom is 0.168 e. The molecule has 2 aliphatic heterocycles. The number of pyridine rings is 1. The van der Waals surface area contributed by atoms with Gasteiger partial charge in [0, 0.05) is 49.9 Å². The van der Waals surface area contributed by atoms with E-state index in [1.165, 1.54) is 5.57 Å². The summed E-state index contributed by atoms with van der Waals surface area (Å²) >= 11 is 0. The van der Waals surface area contributed by atoms with Crippen molar-refractivity contribution >= 4 is 22.5 Å². The number of hydrogen-bond acceptors (Lipinski definition) is 4. The molecule has 30 heavy (non-hydrogen) atoms. The van der Waals surface area contributed by atoms with Crippen molar-refractivity contribution in [2.45, 2.75) is 57.7 Å². The van der Waals surface area contributed by atoms with Gasteiger partial charge >= 0.3 is 0 Å². The third kappa shape index (κ3) is 3.66. The van der Waals surface area contributed by atoms with Crippen LogP contribution < -0.4 is 4.90 Å². The van der Waals surface area contributed by atoms with Crippen LogP contribution in [0.15, 0.2) is 30.1 Å². The molecule has 3 unspecified atom stereocenters. The van der Waals surface area contributed by atoms with Gasteiger partial charge in [-0.1, -0.05) is 18.6 Å². The Kier molecular flexibility index (Phi) is 5.35. The number of Topliss-reactive ketones (excluding diaryl/α,β-unsaturated/α-hetero) is 1. The fourth-order valence-corrected chi connectivity index (χ4v) is 5.42. The van der Waals surface area contributed by atoms with Crippen LogP contribution >= 0.6 is 0 Å². The van der Waals surface area contributed by atoms with Crippen molar-refractivity contribution in [3.63, 3.8) is 0 Å². The van der Waals surface area contributed by atoms with Gasteiger partial charge in [-0.15, -0.1) is 0 Å². The molecular weight excluding hydrogens is 379 g/mol. The summed E-state index contributed by atoms with van der Waals surface area (Å²) in [6.07, 6.45) is 10.1. The van der Waals surface area contributed by atoms with Gasteiger partial charge in [0.05, 0.1) is 11.3 Å². The van der Waals surface area contributed by atoms with Gasteiger partial charge in [0.25, 0.3) is 0 Å². The van der Waals surface area contributed by atoms with Crippen LogP contribution in [0.2, 0.25) is 0 Å². The van der Waals surface area contributed by atoms with Crippen molar-refractivity contribution in [1.82, 2.24) is 14.9 Å². The number of hydrogen-bond donors (Lipinski definition) is 1. The SMILES string of the molecule is CC1CCN(CCC2=CCC(F)CC2)CC1N1CCC(=O)c2cnc3[nH]ccc3c21. The number of rotatable bonds is 4. The zero-order valence-corrected chi connectivity index (χ0v) is 17.7. The number of aromatic nitrogens is 2. The molecule has 6 heteroatoms. The molecule has 0 amide bonds. The number of nitrogens with one attached hydrogen (secondary N) is 1. The summed E-state index contributed by atoms with van der Waals surface area (Å²) in [6.45, 7) is 6.30. The van der Waals surface area contributed by atoms with E-state index in [1.807, 2.05) is 12.3 Å². The quantitative estimate of drug-likeness (QED) is 0.754. The Labute approximate surface area is 177 Å². The van der Waals surface area contributed by atoms with E-state index in [4.69, 9.17) is 0 Å². The van der Waals surface area contributed by atoms with E-state index in [0.717, 1.165) is 67.7 Å². The third-order valence-electron chi connectivity index (χ3n) is 7.32. The van der Waals surface area contributed by atoms with E-state index in [1.54, 1.807) is 6.20 Å². The highest BCUT2D eigenvalue weighted by molar-refractivity contribution is 6.09. The maximum atomic E-state index is 13.4. The van der Waals surface area contributed by atoms with Gasteiger partial charge in [-0.25, -0.2) is 9.37 Å². The molecule has 4 heterocycles. The Balaban J connectivity index is 1.35. The Morgan fingerprint density at radius 1 is 1.27 bits per heavy atom. The molecule has 2 aromatic heterocycles. The molecule has 1 N–H and O–H groups in total. The van der Waals surface area contributed by atoms with Crippen LogP contribution in [-0.2, 0) is 0 Å². The second-order valence-corrected chi connectivity index (χ2v) is 9.24. The van der Waals surface area contributed by atoms with E-state index >= 15 is 0 Å². The average molecular weight is 411 g/mol. The van der Waals surface area contributed by atoms with Crippen molar-refractivity contribution < 1.29 is 9.18 Å². The van der Waals surface area contributed by atoms with Crippen LogP contribution in [0.4, 0.5) is 10.1 Å². The number of alkyl halides is 1. The lowest BCUT2D eigenvalue weighted by Crippen LogP contribution is -2.54. The number of carbonyl (C=O) groups excluding carboxylic acids is 1. The molecule has 3 atom stereocenters. The molecule has 1 fully saturated rings. The summed E-state index contributed by atoms with van der Waals surface area (Å²) in [7, 11) is 0. The molecule has 160 valence electrons. The maximum absolute atomic E-state index is 13.4. The number of piperidine rings is 1. The lowest BCUT2D eigenvalue weighted by molar-refractivity contribution is 0.0972. The number of anilines is 1. The number of H-pyrrole nitrogens is 1. The number of ketones is 1. The van der Waals surface area contributed by atoms with Crippen molar-refractivity contribution in [1.29, 1.82) is 0 Å². The minimum atomic E-state index is -0.643. The van der Waals surface area contributed by atoms with Gasteiger partial charge in [0.2, 0.25) is 0 Å². The predicted octanol–water partition coefficient (Wildman–Crippen LogP) is 4.50. The van der Waals surface area contributed by atoms with E-state index in [0.29, 0.717) is 31.2 Å². The molecule has 5 rings (SSSR count). The summed E-state index contributed by atoms with van der Waals surface area (Å²) in [6, 6.07) is 2.44. The Hall–Kier alpha value is -2.21. The van der Waals surface area contributed by atoms with Gasteiger partial charge in [0.1, 0.15) is 11.8 Å². The molecular formula is C24H31FN4O. The smallest absolute Gasteiger partial charge is 0.168 e. The van der Waals surface area contributed by atoms with Crippen molar-refractivity contribution in [3.05, 3.63) is 35.7 Å². The molecule has 0 bridgehead atoms. The Morgan fingerprint density at radius 3 is 3.00 bits per heavy atom. The number of fused-ring (bicyclic) bond motifs is 3. The molecule has 0 aromatic carbocycles. The monoisotopic (exact) mass is 410 g/mol. The van der Waals surface area contributed by atoms with Crippen LogP contribution in [-0.4, -0.2) is 59.0 Å². The Bertz CT molecular complexity index is 967. The van der Waals surface area contributed by atoms with Crippen LogP contribution in [0, 0.1) is 5.92 Å². The summed E-state index contributed by atoms with van der Waals surface area (Å²) < 4.78 is 13.4. The summed E-state index contributed by atoms with van der Waals surface area (Å²) in [4.78, 5) is 25.3. The predicted molar refractivity (Wildman–Crippen MR) is 118 cm³/mol. The van der Waals surface area contributed by atoms with Crippen LogP contribution in [0.1, 0.15) is 55.8 Å². The highest BCUT2D eigenvalue weighted by atomic mass is 19.1. The van der Waals surface area contributed by atoms with Gasteiger partial charge in [-0.05, 0) is 50.6 Å². The minimum Gasteiger partial charge on any atom is -0.365 e. The van der Waals surface area contributed by atoms with Crippen molar-refractivity contribution in [3.8, 4) is 0 Å². The van der Waals surface area contributed by atoms with Crippen molar-refractivity contribution in [2.75, 3.05) is 31.1 Å². The zero-order valence-electron chi connectivity index (χ0n) is 17.7. The highest BCUT2D eigenvalue weighted by Gasteiger charge is 2.36. The molecule has 1 saturated heterocycles. The highest BCUT2D eigenvalue weighted by Crippen LogP contribution is 2.37. The second-order valence-electron chi connectivity index (χ2n) is 9.24. The standard InChI is InChI=1S/C24H31FN4O/c1-16-7-11-28(12-8-17-2-4-18(25)5-3-17)15-21(16)29-13-9-22(30)20-14-27-24-19(23(20)29)6-10-26-24/h2,6,10,14,16,18,21H,3-5,7-9,11-13,15H2,1H3,(H,26,27). The number of aromatic amines is 1. The molecule has 1 aliphatic carbocycles. The van der Waals surface area contributed by atoms with Gasteiger partial charge in [0.15, 0.2) is 5.78 Å². The van der Waals surface area contributed by atoms with E-state index in [9.17, 15) is 9.18 Å². The summed E-state index contributed by atoms with van der Waals surface area (Å²) in [5.41, 5.74) is 4.11. The third-order valence-corrected chi connectivity index (χ3v) is 7.32. The molecule has 3 aliphatic rings. The number of carbonyl (C=O) groups is 1.